The lowest BCUT2D eigenvalue weighted by atomic mass is 9.97. The van der Waals surface area contributed by atoms with E-state index in [2.05, 4.69) is 0 Å². The van der Waals surface area contributed by atoms with Gasteiger partial charge in [-0.05, 0) is 60.2 Å². The molecule has 0 radical (unpaired) electrons. The molecule has 0 saturated heterocycles. The molecule has 0 aliphatic heterocycles. The van der Waals surface area contributed by atoms with Gasteiger partial charge < -0.3 is 0 Å². The van der Waals surface area contributed by atoms with E-state index in [0.29, 0.717) is 16.3 Å². The van der Waals surface area contributed by atoms with Crippen LogP contribution in [-0.4, -0.2) is 14.2 Å². The molecule has 3 nitrogen and oxygen atoms in total. The summed E-state index contributed by atoms with van der Waals surface area (Å²) in [6.45, 7) is 5.82. The number of benzene rings is 2. The molecule has 0 spiro atoms. The first kappa shape index (κ1) is 22.3. The van der Waals surface area contributed by atoms with Gasteiger partial charge in [0.25, 0.3) is 10.0 Å². The van der Waals surface area contributed by atoms with Crippen LogP contribution < -0.4 is 3.71 Å². The Balaban J connectivity index is 2.67. The van der Waals surface area contributed by atoms with E-state index < -0.39 is 15.8 Å². The molecule has 0 aliphatic carbocycles. The highest BCUT2D eigenvalue weighted by molar-refractivity contribution is 8.14. The van der Waals surface area contributed by atoms with E-state index >= 15 is 0 Å². The van der Waals surface area contributed by atoms with Crippen molar-refractivity contribution in [3.8, 4) is 0 Å². The zero-order valence-electron chi connectivity index (χ0n) is 15.4. The maximum Gasteiger partial charge on any atom is 0.274 e. The fraction of sp³-hybridized carbons (Fsp3) is 0.368. The smallest absolute Gasteiger partial charge is 0.205 e. The highest BCUT2D eigenvalue weighted by Gasteiger charge is 2.31. The molecule has 0 bridgehead atoms. The van der Waals surface area contributed by atoms with E-state index in [4.69, 9.17) is 23.2 Å². The van der Waals surface area contributed by atoms with Crippen molar-refractivity contribution in [3.05, 3.63) is 57.8 Å². The van der Waals surface area contributed by atoms with Crippen molar-refractivity contribution in [2.24, 2.45) is 0 Å². The first-order valence-corrected chi connectivity index (χ1v) is 11.8. The fourth-order valence-electron chi connectivity index (χ4n) is 2.83. The van der Waals surface area contributed by atoms with Gasteiger partial charge in [-0.3, -0.25) is 0 Å². The van der Waals surface area contributed by atoms with Crippen molar-refractivity contribution in [1.82, 2.24) is 0 Å². The summed E-state index contributed by atoms with van der Waals surface area (Å²) in [4.78, 5) is 0.0938. The molecule has 2 aromatic carbocycles. The van der Waals surface area contributed by atoms with Crippen molar-refractivity contribution >= 4 is 50.9 Å². The summed E-state index contributed by atoms with van der Waals surface area (Å²) in [6, 6.07) is 8.71. The summed E-state index contributed by atoms with van der Waals surface area (Å²) < 4.78 is 42.5. The predicted octanol–water partition coefficient (Wildman–Crippen LogP) is 6.90. The normalized spacial score (nSPS) is 12.8. The van der Waals surface area contributed by atoms with Crippen LogP contribution in [0.4, 0.5) is 10.1 Å². The highest BCUT2D eigenvalue weighted by atomic mass is 35.5. The van der Waals surface area contributed by atoms with Gasteiger partial charge in [0.15, 0.2) is 0 Å². The SMILES string of the molecule is CCC[C@@H](C)c1ccc(Cl)cc1S(=O)(=O)N(SCC)c1cc(Cl)ccc1F. The molecule has 8 heteroatoms. The second-order valence-corrected chi connectivity index (χ2v) is 10.2. The minimum atomic E-state index is -4.06. The van der Waals surface area contributed by atoms with Crippen LogP contribution in [0, 0.1) is 5.82 Å². The Bertz CT molecular complexity index is 907. The number of sulfonamides is 1. The van der Waals surface area contributed by atoms with Crippen LogP contribution in [0.15, 0.2) is 41.3 Å². The van der Waals surface area contributed by atoms with Crippen LogP contribution in [0.3, 0.4) is 0 Å². The Morgan fingerprint density at radius 3 is 2.37 bits per heavy atom. The van der Waals surface area contributed by atoms with E-state index in [1.54, 1.807) is 19.1 Å². The molecular formula is C19H22Cl2FNO2S2. The molecule has 0 aromatic heterocycles. The van der Waals surface area contributed by atoms with E-state index in [-0.39, 0.29) is 21.5 Å². The molecule has 0 saturated carbocycles. The Labute approximate surface area is 175 Å². The quantitative estimate of drug-likeness (QED) is 0.411. The van der Waals surface area contributed by atoms with E-state index in [1.807, 2.05) is 13.8 Å². The molecule has 2 aromatic rings. The monoisotopic (exact) mass is 449 g/mol. The van der Waals surface area contributed by atoms with Gasteiger partial charge in [-0.1, -0.05) is 56.5 Å². The average Bonchev–Trinajstić information content (AvgIpc) is 2.62. The van der Waals surface area contributed by atoms with Gasteiger partial charge in [-0.2, -0.15) is 0 Å². The van der Waals surface area contributed by atoms with Gasteiger partial charge in [0.1, 0.15) is 11.5 Å². The molecule has 0 amide bonds. The Morgan fingerprint density at radius 2 is 1.74 bits per heavy atom. The number of rotatable bonds is 8. The second kappa shape index (κ2) is 9.50. The molecule has 148 valence electrons. The third kappa shape index (κ3) is 5.11. The van der Waals surface area contributed by atoms with Crippen molar-refractivity contribution in [3.63, 3.8) is 0 Å². The van der Waals surface area contributed by atoms with Crippen LogP contribution in [0.2, 0.25) is 10.0 Å². The first-order valence-electron chi connectivity index (χ1n) is 8.65. The van der Waals surface area contributed by atoms with E-state index in [1.165, 1.54) is 18.2 Å². The molecular weight excluding hydrogens is 428 g/mol. The predicted molar refractivity (Wildman–Crippen MR) is 114 cm³/mol. The lowest BCUT2D eigenvalue weighted by Crippen LogP contribution is -2.27. The van der Waals surface area contributed by atoms with Gasteiger partial charge in [-0.25, -0.2) is 16.5 Å². The molecule has 0 heterocycles. The summed E-state index contributed by atoms with van der Waals surface area (Å²) >= 11 is 13.1. The first-order chi connectivity index (χ1) is 12.7. The zero-order chi connectivity index (χ0) is 20.2. The molecule has 1 atom stereocenters. The van der Waals surface area contributed by atoms with Gasteiger partial charge in [0, 0.05) is 15.8 Å². The van der Waals surface area contributed by atoms with Crippen molar-refractivity contribution in [2.45, 2.75) is 44.4 Å². The number of nitrogens with zero attached hydrogens (tertiary/aromatic N) is 1. The molecule has 2 rings (SSSR count). The van der Waals surface area contributed by atoms with Crippen LogP contribution in [-0.2, 0) is 10.0 Å². The summed E-state index contributed by atoms with van der Waals surface area (Å²) in [6.07, 6.45) is 1.75. The van der Waals surface area contributed by atoms with Crippen molar-refractivity contribution in [1.29, 1.82) is 0 Å². The largest absolute Gasteiger partial charge is 0.274 e. The van der Waals surface area contributed by atoms with E-state index in [9.17, 15) is 12.8 Å². The van der Waals surface area contributed by atoms with Gasteiger partial charge in [0.05, 0.1) is 4.90 Å². The van der Waals surface area contributed by atoms with E-state index in [0.717, 1.165) is 34.6 Å². The van der Waals surface area contributed by atoms with Crippen LogP contribution in [0.5, 0.6) is 0 Å². The highest BCUT2D eigenvalue weighted by Crippen LogP contribution is 2.38. The minimum Gasteiger partial charge on any atom is -0.205 e. The molecule has 0 unspecified atom stereocenters. The molecule has 27 heavy (non-hydrogen) atoms. The molecule has 0 N–H and O–H groups in total. The van der Waals surface area contributed by atoms with Crippen molar-refractivity contribution < 1.29 is 12.8 Å². The Hall–Kier alpha value is -0.950. The molecule has 0 fully saturated rings. The maximum atomic E-state index is 14.4. The summed E-state index contributed by atoms with van der Waals surface area (Å²) in [5.41, 5.74) is 0.578. The van der Waals surface area contributed by atoms with Crippen LogP contribution in [0.1, 0.15) is 45.1 Å². The summed E-state index contributed by atoms with van der Waals surface area (Å²) in [5, 5.41) is 0.572. The minimum absolute atomic E-state index is 0.0229. The summed E-state index contributed by atoms with van der Waals surface area (Å²) in [7, 11) is -4.06. The lowest BCUT2D eigenvalue weighted by Gasteiger charge is -2.25. The molecule has 0 aliphatic rings. The van der Waals surface area contributed by atoms with Gasteiger partial charge in [-0.15, -0.1) is 0 Å². The number of hydrogen-bond donors (Lipinski definition) is 0. The number of anilines is 1. The van der Waals surface area contributed by atoms with Crippen LogP contribution in [0.25, 0.3) is 0 Å². The van der Waals surface area contributed by atoms with Crippen LogP contribution >= 0.6 is 35.1 Å². The topological polar surface area (TPSA) is 37.4 Å². The standard InChI is InChI=1S/C19H22Cl2FNO2S2/c1-4-6-13(3)16-9-7-15(21)12-19(16)27(24,25)23(26-5-2)18-11-14(20)8-10-17(18)22/h7-13H,4-6H2,1-3H3/t13-/m1/s1. The van der Waals surface area contributed by atoms with Gasteiger partial charge >= 0.3 is 0 Å². The number of hydrogen-bond acceptors (Lipinski definition) is 3. The third-order valence-electron chi connectivity index (χ3n) is 4.08. The Morgan fingerprint density at radius 1 is 1.11 bits per heavy atom. The second-order valence-electron chi connectivity index (χ2n) is 6.12. The fourth-order valence-corrected chi connectivity index (χ4v) is 6.28. The maximum absolute atomic E-state index is 14.4. The summed E-state index contributed by atoms with van der Waals surface area (Å²) in [5.74, 6) is -0.199. The number of halogens is 3. The third-order valence-corrected chi connectivity index (χ3v) is 7.68. The lowest BCUT2D eigenvalue weighted by molar-refractivity contribution is 0.589. The zero-order valence-corrected chi connectivity index (χ0v) is 18.5. The van der Waals surface area contributed by atoms with Gasteiger partial charge in [0.2, 0.25) is 0 Å². The Kier molecular flexibility index (Phi) is 7.86. The average molecular weight is 450 g/mol. The van der Waals surface area contributed by atoms with Crippen molar-refractivity contribution in [2.75, 3.05) is 9.46 Å².